The average Bonchev–Trinajstić information content (AvgIpc) is 2.59. The van der Waals surface area contributed by atoms with Crippen LogP contribution in [-0.2, 0) is 20.7 Å². The van der Waals surface area contributed by atoms with Crippen LogP contribution in [-0.4, -0.2) is 42.3 Å². The van der Waals surface area contributed by atoms with Gasteiger partial charge in [0.2, 0.25) is 0 Å². The minimum atomic E-state index is -0.557. The summed E-state index contributed by atoms with van der Waals surface area (Å²) in [4.78, 5) is 26.4. The highest BCUT2D eigenvalue weighted by atomic mass is 16.6. The van der Waals surface area contributed by atoms with Gasteiger partial charge in [0.25, 0.3) is 0 Å². The summed E-state index contributed by atoms with van der Waals surface area (Å²) >= 11 is 0. The van der Waals surface area contributed by atoms with Crippen molar-refractivity contribution in [1.82, 2.24) is 4.90 Å². The lowest BCUT2D eigenvalue weighted by Crippen LogP contribution is -2.42. The van der Waals surface area contributed by atoms with Gasteiger partial charge in [0.05, 0.1) is 18.7 Å². The number of aryl methyl sites for hydroxylation is 1. The fraction of sp³-hybridized carbons (Fsp3) is 0.524. The third-order valence-corrected chi connectivity index (χ3v) is 4.19. The second-order valence-electron chi connectivity index (χ2n) is 7.44. The number of carbonyl (C=O) groups excluding carboxylic acids is 2. The molecule has 1 aliphatic heterocycles. The molecule has 0 radical (unpaired) electrons. The van der Waals surface area contributed by atoms with Crippen LogP contribution in [0.2, 0.25) is 0 Å². The van der Waals surface area contributed by atoms with E-state index in [9.17, 15) is 9.59 Å². The Morgan fingerprint density at radius 1 is 1.12 bits per heavy atom. The highest BCUT2D eigenvalue weighted by Crippen LogP contribution is 2.25. The maximum Gasteiger partial charge on any atom is 0.410 e. The van der Waals surface area contributed by atoms with Crippen molar-refractivity contribution in [2.45, 2.75) is 52.6 Å². The Kier molecular flexibility index (Phi) is 6.83. The molecular formula is C21H29NO4. The first-order chi connectivity index (χ1) is 12.3. The molecular weight excluding hydrogens is 330 g/mol. The van der Waals surface area contributed by atoms with Crippen LogP contribution in [0.4, 0.5) is 4.79 Å². The molecule has 0 atom stereocenters. The Morgan fingerprint density at radius 3 is 2.42 bits per heavy atom. The van der Waals surface area contributed by atoms with Crippen LogP contribution in [0.3, 0.4) is 0 Å². The van der Waals surface area contributed by atoms with Gasteiger partial charge in [-0.3, -0.25) is 0 Å². The van der Waals surface area contributed by atoms with Gasteiger partial charge in [-0.2, -0.15) is 0 Å². The highest BCUT2D eigenvalue weighted by Gasteiger charge is 2.30. The van der Waals surface area contributed by atoms with Gasteiger partial charge in [-0.1, -0.05) is 35.9 Å². The van der Waals surface area contributed by atoms with E-state index in [0.717, 1.165) is 18.4 Å². The molecule has 1 amide bonds. The third kappa shape index (κ3) is 5.90. The Labute approximate surface area is 156 Å². The molecule has 0 saturated carbocycles. The predicted molar refractivity (Wildman–Crippen MR) is 101 cm³/mol. The lowest BCUT2D eigenvalue weighted by atomic mass is 9.94. The zero-order valence-corrected chi connectivity index (χ0v) is 16.2. The van der Waals surface area contributed by atoms with Crippen molar-refractivity contribution in [3.05, 3.63) is 47.0 Å². The molecule has 26 heavy (non-hydrogen) atoms. The molecule has 0 aromatic heterocycles. The topological polar surface area (TPSA) is 55.8 Å². The highest BCUT2D eigenvalue weighted by molar-refractivity contribution is 5.91. The van der Waals surface area contributed by atoms with E-state index in [1.54, 1.807) is 11.8 Å². The fourth-order valence-electron chi connectivity index (χ4n) is 2.93. The van der Waals surface area contributed by atoms with E-state index in [1.165, 1.54) is 5.56 Å². The summed E-state index contributed by atoms with van der Waals surface area (Å²) in [6.07, 6.45) is 1.94. The summed E-state index contributed by atoms with van der Waals surface area (Å²) in [5.41, 5.74) is 2.35. The van der Waals surface area contributed by atoms with Crippen molar-refractivity contribution in [1.29, 1.82) is 0 Å². The van der Waals surface area contributed by atoms with Crippen LogP contribution in [0.25, 0.3) is 0 Å². The molecule has 0 bridgehead atoms. The standard InChI is InChI=1S/C21H29NO4/c1-5-25-19(23)18-15-22(20(24)26-21(2,3)4)14-13-17(18)12-11-16-9-7-6-8-10-16/h6-10H,5,11-15H2,1-4H3. The Bertz CT molecular complexity index is 658. The lowest BCUT2D eigenvalue weighted by molar-refractivity contribution is -0.139. The molecule has 0 N–H and O–H groups in total. The Morgan fingerprint density at radius 2 is 1.81 bits per heavy atom. The summed E-state index contributed by atoms with van der Waals surface area (Å²) in [6.45, 7) is 8.42. The number of ether oxygens (including phenoxy) is 2. The SMILES string of the molecule is CCOC(=O)C1=C(CCc2ccccc2)CCN(C(=O)OC(C)(C)C)C1. The third-order valence-electron chi connectivity index (χ3n) is 4.19. The minimum absolute atomic E-state index is 0.248. The summed E-state index contributed by atoms with van der Waals surface area (Å²) < 4.78 is 10.7. The quantitative estimate of drug-likeness (QED) is 0.742. The molecule has 0 saturated heterocycles. The first kappa shape index (κ1) is 20.0. The van der Waals surface area contributed by atoms with E-state index in [4.69, 9.17) is 9.47 Å². The van der Waals surface area contributed by atoms with Crippen molar-refractivity contribution >= 4 is 12.1 Å². The summed E-state index contributed by atoms with van der Waals surface area (Å²) in [6, 6.07) is 10.2. The van der Waals surface area contributed by atoms with Crippen LogP contribution in [0.5, 0.6) is 0 Å². The van der Waals surface area contributed by atoms with Crippen LogP contribution < -0.4 is 0 Å². The number of nitrogens with zero attached hydrogens (tertiary/aromatic N) is 1. The predicted octanol–water partition coefficient (Wildman–Crippen LogP) is 4.12. The zero-order chi connectivity index (χ0) is 19.2. The van der Waals surface area contributed by atoms with E-state index >= 15 is 0 Å². The van der Waals surface area contributed by atoms with Crippen molar-refractivity contribution < 1.29 is 19.1 Å². The van der Waals surface area contributed by atoms with E-state index in [2.05, 4.69) is 12.1 Å². The molecule has 0 spiro atoms. The Hall–Kier alpha value is -2.30. The maximum absolute atomic E-state index is 12.4. The largest absolute Gasteiger partial charge is 0.463 e. The van der Waals surface area contributed by atoms with Gasteiger partial charge in [0, 0.05) is 6.54 Å². The van der Waals surface area contributed by atoms with Gasteiger partial charge in [-0.25, -0.2) is 9.59 Å². The number of hydrogen-bond donors (Lipinski definition) is 0. The molecule has 1 aromatic carbocycles. The molecule has 0 unspecified atom stereocenters. The molecule has 0 aliphatic carbocycles. The molecule has 5 nitrogen and oxygen atoms in total. The Balaban J connectivity index is 2.12. The van der Waals surface area contributed by atoms with Crippen molar-refractivity contribution in [2.75, 3.05) is 19.7 Å². The second-order valence-corrected chi connectivity index (χ2v) is 7.44. The van der Waals surface area contributed by atoms with E-state index in [0.29, 0.717) is 25.1 Å². The van der Waals surface area contributed by atoms with E-state index < -0.39 is 5.60 Å². The molecule has 1 heterocycles. The maximum atomic E-state index is 12.4. The van der Waals surface area contributed by atoms with Gasteiger partial charge < -0.3 is 14.4 Å². The zero-order valence-electron chi connectivity index (χ0n) is 16.2. The molecule has 2 rings (SSSR count). The summed E-state index contributed by atoms with van der Waals surface area (Å²) in [5.74, 6) is -0.330. The number of benzene rings is 1. The van der Waals surface area contributed by atoms with Crippen LogP contribution in [0.15, 0.2) is 41.5 Å². The van der Waals surface area contributed by atoms with E-state index in [-0.39, 0.29) is 18.6 Å². The van der Waals surface area contributed by atoms with Crippen LogP contribution >= 0.6 is 0 Å². The molecule has 1 aliphatic rings. The van der Waals surface area contributed by atoms with Crippen molar-refractivity contribution in [3.8, 4) is 0 Å². The number of rotatable bonds is 5. The molecule has 142 valence electrons. The fourth-order valence-corrected chi connectivity index (χ4v) is 2.93. The smallest absolute Gasteiger partial charge is 0.410 e. The first-order valence-corrected chi connectivity index (χ1v) is 9.20. The number of hydrogen-bond acceptors (Lipinski definition) is 4. The minimum Gasteiger partial charge on any atom is -0.463 e. The van der Waals surface area contributed by atoms with E-state index in [1.807, 2.05) is 39.0 Å². The van der Waals surface area contributed by atoms with Gasteiger partial charge >= 0.3 is 12.1 Å². The van der Waals surface area contributed by atoms with Crippen molar-refractivity contribution in [3.63, 3.8) is 0 Å². The lowest BCUT2D eigenvalue weighted by Gasteiger charge is -2.32. The van der Waals surface area contributed by atoms with Gasteiger partial charge in [-0.05, 0) is 52.5 Å². The molecule has 0 fully saturated rings. The normalized spacial score (nSPS) is 15.0. The number of esters is 1. The van der Waals surface area contributed by atoms with Gasteiger partial charge in [-0.15, -0.1) is 0 Å². The van der Waals surface area contributed by atoms with Crippen LogP contribution in [0, 0.1) is 0 Å². The second kappa shape index (κ2) is 8.88. The van der Waals surface area contributed by atoms with Gasteiger partial charge in [0.1, 0.15) is 5.60 Å². The van der Waals surface area contributed by atoms with Crippen LogP contribution in [0.1, 0.15) is 46.1 Å². The summed E-state index contributed by atoms with van der Waals surface area (Å²) in [7, 11) is 0. The first-order valence-electron chi connectivity index (χ1n) is 9.20. The summed E-state index contributed by atoms with van der Waals surface area (Å²) in [5, 5.41) is 0. The number of amides is 1. The molecule has 5 heteroatoms. The molecule has 1 aromatic rings. The number of carbonyl (C=O) groups is 2. The monoisotopic (exact) mass is 359 g/mol. The van der Waals surface area contributed by atoms with Gasteiger partial charge in [0.15, 0.2) is 0 Å². The average molecular weight is 359 g/mol. The van der Waals surface area contributed by atoms with Crippen molar-refractivity contribution in [2.24, 2.45) is 0 Å².